The maximum atomic E-state index is 12.1. The summed E-state index contributed by atoms with van der Waals surface area (Å²) in [6.07, 6.45) is 2.79. The Morgan fingerprint density at radius 2 is 1.63 bits per heavy atom. The van der Waals surface area contributed by atoms with E-state index in [4.69, 9.17) is 0 Å². The Kier molecular flexibility index (Phi) is 3.26. The van der Waals surface area contributed by atoms with Crippen molar-refractivity contribution in [1.29, 1.82) is 0 Å². The van der Waals surface area contributed by atoms with Gasteiger partial charge in [0.2, 0.25) is 9.84 Å². The van der Waals surface area contributed by atoms with Crippen LogP contribution in [0, 0.1) is 17.0 Å². The normalized spacial score (nSPS) is 11.2. The fraction of sp³-hybridized carbons (Fsp3) is 0.0909. The first-order valence-electron chi connectivity index (χ1n) is 5.19. The van der Waals surface area contributed by atoms with Gasteiger partial charge in [0.15, 0.2) is 0 Å². The molecule has 0 fully saturated rings. The summed E-state index contributed by atoms with van der Waals surface area (Å²) in [6.45, 7) is 1.74. The van der Waals surface area contributed by atoms with Crippen LogP contribution in [0.2, 0.25) is 0 Å². The molecule has 0 unspecified atom stereocenters. The summed E-state index contributed by atoms with van der Waals surface area (Å²) in [7, 11) is -3.84. The predicted molar refractivity (Wildman–Crippen MR) is 65.3 cm³/mol. The van der Waals surface area contributed by atoms with Crippen LogP contribution in [0.3, 0.4) is 0 Å². The fourth-order valence-electron chi connectivity index (χ4n) is 1.37. The Hall–Kier alpha value is -2.35. The molecule has 0 spiro atoms. The van der Waals surface area contributed by atoms with Crippen molar-refractivity contribution in [3.05, 3.63) is 52.3 Å². The van der Waals surface area contributed by atoms with E-state index in [2.05, 4.69) is 9.97 Å². The van der Waals surface area contributed by atoms with Gasteiger partial charge in [-0.25, -0.2) is 18.4 Å². The van der Waals surface area contributed by atoms with E-state index in [1.54, 1.807) is 6.92 Å². The number of nitro groups is 1. The molecule has 0 saturated carbocycles. The van der Waals surface area contributed by atoms with Gasteiger partial charge in [-0.05, 0) is 24.6 Å². The fourth-order valence-corrected chi connectivity index (χ4v) is 2.46. The highest BCUT2D eigenvalue weighted by Crippen LogP contribution is 2.20. The Labute approximate surface area is 109 Å². The number of aryl methyl sites for hydroxylation is 1. The molecule has 0 atom stereocenters. The Balaban J connectivity index is 2.44. The monoisotopic (exact) mass is 279 g/mol. The first-order valence-corrected chi connectivity index (χ1v) is 6.68. The molecule has 0 bridgehead atoms. The number of hydrogen-bond acceptors (Lipinski definition) is 6. The van der Waals surface area contributed by atoms with Crippen molar-refractivity contribution < 1.29 is 13.3 Å². The average molecular weight is 279 g/mol. The van der Waals surface area contributed by atoms with E-state index in [1.807, 2.05) is 0 Å². The lowest BCUT2D eigenvalue weighted by Gasteiger charge is -2.02. The number of benzene rings is 1. The van der Waals surface area contributed by atoms with E-state index in [1.165, 1.54) is 12.4 Å². The number of hydrogen-bond donors (Lipinski definition) is 0. The van der Waals surface area contributed by atoms with Crippen LogP contribution in [0.1, 0.15) is 5.56 Å². The zero-order valence-electron chi connectivity index (χ0n) is 9.85. The smallest absolute Gasteiger partial charge is 0.258 e. The van der Waals surface area contributed by atoms with Crippen molar-refractivity contribution >= 4 is 15.5 Å². The molecule has 1 heterocycles. The number of nitrogens with zero attached hydrogens (tertiary/aromatic N) is 3. The van der Waals surface area contributed by atoms with E-state index in [0.29, 0.717) is 0 Å². The topological polar surface area (TPSA) is 103 Å². The third kappa shape index (κ3) is 2.58. The maximum Gasteiger partial charge on any atom is 0.269 e. The summed E-state index contributed by atoms with van der Waals surface area (Å²) >= 11 is 0. The third-order valence-corrected chi connectivity index (χ3v) is 3.94. The van der Waals surface area contributed by atoms with Crippen LogP contribution in [0.5, 0.6) is 0 Å². The lowest BCUT2D eigenvalue weighted by Crippen LogP contribution is -2.07. The standard InChI is InChI=1S/C11H9N3O4S/c1-8-6-12-11(13-7-8)19(17,18)10-4-2-9(3-5-10)14(15)16/h2-7H,1H3. The molecule has 8 heteroatoms. The molecule has 0 N–H and O–H groups in total. The second-order valence-electron chi connectivity index (χ2n) is 3.80. The largest absolute Gasteiger partial charge is 0.269 e. The molecule has 98 valence electrons. The minimum absolute atomic E-state index is 0.0815. The summed E-state index contributed by atoms with van der Waals surface area (Å²) in [6, 6.07) is 4.58. The highest BCUT2D eigenvalue weighted by atomic mass is 32.2. The van der Waals surface area contributed by atoms with Gasteiger partial charge in [-0.1, -0.05) is 0 Å². The molecule has 0 aliphatic rings. The summed E-state index contributed by atoms with van der Waals surface area (Å²) in [5, 5.41) is 10.2. The highest BCUT2D eigenvalue weighted by Gasteiger charge is 2.21. The molecular formula is C11H9N3O4S. The maximum absolute atomic E-state index is 12.1. The van der Waals surface area contributed by atoms with Gasteiger partial charge in [-0.2, -0.15) is 0 Å². The third-order valence-electron chi connectivity index (χ3n) is 2.36. The molecule has 19 heavy (non-hydrogen) atoms. The van der Waals surface area contributed by atoms with Crippen LogP contribution in [-0.4, -0.2) is 23.3 Å². The van der Waals surface area contributed by atoms with Gasteiger partial charge in [-0.15, -0.1) is 0 Å². The van der Waals surface area contributed by atoms with Crippen LogP contribution in [0.15, 0.2) is 46.7 Å². The van der Waals surface area contributed by atoms with Crippen LogP contribution >= 0.6 is 0 Å². The molecule has 1 aromatic heterocycles. The highest BCUT2D eigenvalue weighted by molar-refractivity contribution is 7.91. The van der Waals surface area contributed by atoms with E-state index < -0.39 is 14.8 Å². The van der Waals surface area contributed by atoms with E-state index in [-0.39, 0.29) is 15.7 Å². The van der Waals surface area contributed by atoms with Gasteiger partial charge in [-0.3, -0.25) is 10.1 Å². The first kappa shape index (κ1) is 13.1. The SMILES string of the molecule is Cc1cnc(S(=O)(=O)c2ccc([N+](=O)[O-])cc2)nc1. The van der Waals surface area contributed by atoms with Crippen LogP contribution in [0.4, 0.5) is 5.69 Å². The Bertz CT molecular complexity index is 709. The van der Waals surface area contributed by atoms with Gasteiger partial charge in [0.05, 0.1) is 9.82 Å². The van der Waals surface area contributed by atoms with Gasteiger partial charge in [0, 0.05) is 24.5 Å². The van der Waals surface area contributed by atoms with Crippen molar-refractivity contribution in [3.63, 3.8) is 0 Å². The zero-order valence-corrected chi connectivity index (χ0v) is 10.7. The van der Waals surface area contributed by atoms with Crippen LogP contribution < -0.4 is 0 Å². The number of nitro benzene ring substituents is 1. The lowest BCUT2D eigenvalue weighted by atomic mass is 10.3. The summed E-state index contributed by atoms with van der Waals surface area (Å²) in [5.41, 5.74) is 0.562. The number of aromatic nitrogens is 2. The second kappa shape index (κ2) is 4.73. The molecule has 0 aliphatic carbocycles. The minimum Gasteiger partial charge on any atom is -0.258 e. The van der Waals surface area contributed by atoms with Crippen LogP contribution in [0.25, 0.3) is 0 Å². The van der Waals surface area contributed by atoms with Crippen molar-refractivity contribution in [2.75, 3.05) is 0 Å². The number of rotatable bonds is 3. The molecule has 2 rings (SSSR count). The van der Waals surface area contributed by atoms with Gasteiger partial charge >= 0.3 is 0 Å². The number of sulfone groups is 1. The first-order chi connectivity index (χ1) is 8.91. The summed E-state index contributed by atoms with van der Waals surface area (Å²) in [4.78, 5) is 17.3. The minimum atomic E-state index is -3.84. The molecule has 0 saturated heterocycles. The summed E-state index contributed by atoms with van der Waals surface area (Å²) < 4.78 is 24.3. The van der Waals surface area contributed by atoms with E-state index >= 15 is 0 Å². The van der Waals surface area contributed by atoms with Gasteiger partial charge in [0.25, 0.3) is 10.8 Å². The van der Waals surface area contributed by atoms with Crippen LogP contribution in [-0.2, 0) is 9.84 Å². The van der Waals surface area contributed by atoms with Crippen molar-refractivity contribution in [2.24, 2.45) is 0 Å². The van der Waals surface area contributed by atoms with Crippen molar-refractivity contribution in [1.82, 2.24) is 9.97 Å². The molecule has 0 aliphatic heterocycles. The molecule has 0 amide bonds. The van der Waals surface area contributed by atoms with E-state index in [9.17, 15) is 18.5 Å². The quantitative estimate of drug-likeness (QED) is 0.479. The molecule has 0 radical (unpaired) electrons. The lowest BCUT2D eigenvalue weighted by molar-refractivity contribution is -0.384. The Morgan fingerprint density at radius 1 is 1.11 bits per heavy atom. The molecule has 2 aromatic rings. The Morgan fingerprint density at radius 3 is 2.11 bits per heavy atom. The van der Waals surface area contributed by atoms with Gasteiger partial charge < -0.3 is 0 Å². The molecule has 7 nitrogen and oxygen atoms in total. The average Bonchev–Trinajstić information content (AvgIpc) is 2.39. The number of non-ortho nitro benzene ring substituents is 1. The second-order valence-corrected chi connectivity index (χ2v) is 5.64. The zero-order chi connectivity index (χ0) is 14.0. The summed E-state index contributed by atoms with van der Waals surface area (Å²) in [5.74, 6) is 0. The van der Waals surface area contributed by atoms with Gasteiger partial charge in [0.1, 0.15) is 0 Å². The molecular weight excluding hydrogens is 270 g/mol. The molecule has 1 aromatic carbocycles. The van der Waals surface area contributed by atoms with Crippen molar-refractivity contribution in [3.8, 4) is 0 Å². The predicted octanol–water partition coefficient (Wildman–Crippen LogP) is 1.53. The van der Waals surface area contributed by atoms with E-state index in [0.717, 1.165) is 29.8 Å². The van der Waals surface area contributed by atoms with Crippen molar-refractivity contribution in [2.45, 2.75) is 17.0 Å².